The summed E-state index contributed by atoms with van der Waals surface area (Å²) in [5.74, 6) is -0.269. The third-order valence-electron chi connectivity index (χ3n) is 5.94. The lowest BCUT2D eigenvalue weighted by Gasteiger charge is -2.06. The summed E-state index contributed by atoms with van der Waals surface area (Å²) in [5.41, 5.74) is 11.1. The van der Waals surface area contributed by atoms with Gasteiger partial charge in [0.1, 0.15) is 0 Å². The smallest absolute Gasteiger partial charge is 0.276 e. The summed E-state index contributed by atoms with van der Waals surface area (Å²) >= 11 is 0. The number of aryl methyl sites for hydroxylation is 1. The van der Waals surface area contributed by atoms with Crippen LogP contribution in [0.1, 0.15) is 10.4 Å². The minimum absolute atomic E-state index is 0.197. The zero-order valence-electron chi connectivity index (χ0n) is 18.1. The van der Waals surface area contributed by atoms with Crippen molar-refractivity contribution in [1.82, 2.24) is 24.7 Å². The largest absolute Gasteiger partial charge is 0.396 e. The molecule has 0 aliphatic heterocycles. The molecule has 1 amide bonds. The van der Waals surface area contributed by atoms with Crippen molar-refractivity contribution >= 4 is 50.1 Å². The predicted octanol–water partition coefficient (Wildman–Crippen LogP) is 3.79. The van der Waals surface area contributed by atoms with E-state index in [0.29, 0.717) is 44.6 Å². The highest BCUT2D eigenvalue weighted by Crippen LogP contribution is 2.31. The molecule has 34 heavy (non-hydrogen) atoms. The van der Waals surface area contributed by atoms with Crippen molar-refractivity contribution in [2.75, 3.05) is 11.1 Å². The number of fused-ring (bicyclic) bond motifs is 3. The number of hydrogen-bond donors (Lipinski definition) is 4. The van der Waals surface area contributed by atoms with Crippen LogP contribution in [-0.4, -0.2) is 30.6 Å². The summed E-state index contributed by atoms with van der Waals surface area (Å²) in [6.07, 6.45) is 1.75. The number of nitrogens with two attached hydrogens (primary N) is 1. The highest BCUT2D eigenvalue weighted by Gasteiger charge is 2.17. The Morgan fingerprint density at radius 3 is 2.76 bits per heavy atom. The van der Waals surface area contributed by atoms with Gasteiger partial charge < -0.3 is 21.0 Å². The number of H-pyrrole nitrogens is 2. The number of hydrogen-bond acceptors (Lipinski definition) is 5. The fourth-order valence-electron chi connectivity index (χ4n) is 4.18. The summed E-state index contributed by atoms with van der Waals surface area (Å²) < 4.78 is 1.77. The summed E-state index contributed by atoms with van der Waals surface area (Å²) in [5, 5.41) is 8.71. The highest BCUT2D eigenvalue weighted by molar-refractivity contribution is 6.09. The van der Waals surface area contributed by atoms with Crippen molar-refractivity contribution in [3.05, 3.63) is 82.8 Å². The number of nitrogens with zero attached hydrogens (tertiary/aromatic N) is 3. The molecule has 0 radical (unpaired) electrons. The third-order valence-corrected chi connectivity index (χ3v) is 5.94. The molecule has 6 rings (SSSR count). The van der Waals surface area contributed by atoms with Gasteiger partial charge in [-0.2, -0.15) is 5.10 Å². The average Bonchev–Trinajstić information content (AvgIpc) is 3.37. The number of rotatable bonds is 3. The van der Waals surface area contributed by atoms with E-state index in [0.717, 1.165) is 10.9 Å². The van der Waals surface area contributed by atoms with Crippen molar-refractivity contribution in [2.45, 2.75) is 0 Å². The first-order chi connectivity index (χ1) is 16.5. The fraction of sp³-hybridized carbons (Fsp3) is 0.0400. The highest BCUT2D eigenvalue weighted by atomic mass is 16.1. The minimum Gasteiger partial charge on any atom is -0.396 e. The van der Waals surface area contributed by atoms with E-state index in [-0.39, 0.29) is 17.2 Å². The number of aromatic nitrogens is 5. The Morgan fingerprint density at radius 1 is 1.03 bits per heavy atom. The maximum absolute atomic E-state index is 12.9. The van der Waals surface area contributed by atoms with Crippen LogP contribution in [0.15, 0.2) is 71.7 Å². The van der Waals surface area contributed by atoms with Gasteiger partial charge in [0.15, 0.2) is 5.69 Å². The molecule has 0 fully saturated rings. The number of aromatic amines is 2. The molecule has 0 saturated heterocycles. The zero-order valence-corrected chi connectivity index (χ0v) is 18.1. The summed E-state index contributed by atoms with van der Waals surface area (Å²) in [7, 11) is 1.87. The number of amides is 1. The normalized spacial score (nSPS) is 11.4. The minimum atomic E-state index is -0.347. The van der Waals surface area contributed by atoms with Crippen molar-refractivity contribution in [1.29, 1.82) is 0 Å². The van der Waals surface area contributed by atoms with E-state index in [4.69, 9.17) is 5.73 Å². The van der Waals surface area contributed by atoms with Crippen molar-refractivity contribution in [3.8, 4) is 11.4 Å². The first-order valence-corrected chi connectivity index (χ1v) is 10.6. The Hall–Kier alpha value is -4.92. The van der Waals surface area contributed by atoms with Crippen molar-refractivity contribution in [3.63, 3.8) is 0 Å². The lowest BCUT2D eigenvalue weighted by atomic mass is 10.1. The number of para-hydroxylation sites is 2. The lowest BCUT2D eigenvalue weighted by Crippen LogP contribution is -2.12. The standard InChI is InChI=1S/C25H19N7O2/c1-32-20-9-7-15(10-14(20)12-27-32)28-24(33)13-6-8-17-16(11-13)21(26)22(29-17)23-25(34)31-19-5-3-2-4-18(19)30-23/h2-12,29H,26H2,1H3,(H,28,33)(H,31,34). The second-order valence-electron chi connectivity index (χ2n) is 8.10. The van der Waals surface area contributed by atoms with Gasteiger partial charge in [-0.25, -0.2) is 4.98 Å². The Balaban J connectivity index is 1.37. The maximum Gasteiger partial charge on any atom is 0.276 e. The van der Waals surface area contributed by atoms with E-state index in [1.807, 2.05) is 43.4 Å². The Bertz CT molecular complexity index is 1810. The Morgan fingerprint density at radius 2 is 1.88 bits per heavy atom. The van der Waals surface area contributed by atoms with Crippen LogP contribution in [-0.2, 0) is 7.05 Å². The second-order valence-corrected chi connectivity index (χ2v) is 8.10. The molecule has 166 valence electrons. The first-order valence-electron chi connectivity index (χ1n) is 10.6. The van der Waals surface area contributed by atoms with Gasteiger partial charge in [0, 0.05) is 34.6 Å². The van der Waals surface area contributed by atoms with E-state index < -0.39 is 0 Å². The SMILES string of the molecule is Cn1ncc2cc(NC(=O)c3ccc4[nH]c(-c5nc6ccccc6[nH]c5=O)c(N)c4c3)ccc21. The van der Waals surface area contributed by atoms with Gasteiger partial charge in [0.25, 0.3) is 11.5 Å². The average molecular weight is 449 g/mol. The van der Waals surface area contributed by atoms with Gasteiger partial charge in [-0.05, 0) is 48.5 Å². The zero-order chi connectivity index (χ0) is 23.4. The Labute approximate surface area is 192 Å². The van der Waals surface area contributed by atoms with E-state index in [9.17, 15) is 9.59 Å². The van der Waals surface area contributed by atoms with E-state index in [2.05, 4.69) is 25.4 Å². The summed E-state index contributed by atoms with van der Waals surface area (Å²) in [6.45, 7) is 0. The van der Waals surface area contributed by atoms with Crippen LogP contribution >= 0.6 is 0 Å². The maximum atomic E-state index is 12.9. The van der Waals surface area contributed by atoms with Gasteiger partial charge >= 0.3 is 0 Å². The number of carbonyl (C=O) groups is 1. The Kier molecular flexibility index (Phi) is 4.24. The van der Waals surface area contributed by atoms with Crippen LogP contribution in [0.5, 0.6) is 0 Å². The molecule has 3 heterocycles. The van der Waals surface area contributed by atoms with Gasteiger partial charge in [0.2, 0.25) is 0 Å². The topological polar surface area (TPSA) is 134 Å². The molecule has 3 aromatic carbocycles. The van der Waals surface area contributed by atoms with Crippen LogP contribution in [0.25, 0.3) is 44.2 Å². The molecule has 6 aromatic rings. The number of carbonyl (C=O) groups excluding carboxylic acids is 1. The lowest BCUT2D eigenvalue weighted by molar-refractivity contribution is 0.102. The number of nitrogens with one attached hydrogen (secondary N) is 3. The third kappa shape index (κ3) is 3.10. The quantitative estimate of drug-likeness (QED) is 0.326. The van der Waals surface area contributed by atoms with E-state index in [1.165, 1.54) is 0 Å². The number of benzene rings is 3. The molecule has 0 saturated carbocycles. The second kappa shape index (κ2) is 7.31. The fourth-order valence-corrected chi connectivity index (χ4v) is 4.18. The van der Waals surface area contributed by atoms with Crippen LogP contribution in [0.2, 0.25) is 0 Å². The summed E-state index contributed by atoms with van der Waals surface area (Å²) in [6, 6.07) is 18.1. The summed E-state index contributed by atoms with van der Waals surface area (Å²) in [4.78, 5) is 36.1. The predicted molar refractivity (Wildman–Crippen MR) is 133 cm³/mol. The van der Waals surface area contributed by atoms with Crippen LogP contribution in [0, 0.1) is 0 Å². The number of nitrogen functional groups attached to an aromatic ring is 1. The van der Waals surface area contributed by atoms with Crippen molar-refractivity contribution in [2.24, 2.45) is 7.05 Å². The molecular formula is C25H19N7O2. The van der Waals surface area contributed by atoms with E-state index >= 15 is 0 Å². The first kappa shape index (κ1) is 19.7. The molecule has 9 nitrogen and oxygen atoms in total. The molecule has 0 bridgehead atoms. The molecule has 9 heteroatoms. The molecular weight excluding hydrogens is 430 g/mol. The van der Waals surface area contributed by atoms with Crippen LogP contribution < -0.4 is 16.6 Å². The molecule has 0 aliphatic rings. The van der Waals surface area contributed by atoms with Crippen molar-refractivity contribution < 1.29 is 4.79 Å². The van der Waals surface area contributed by atoms with Gasteiger partial charge in [-0.3, -0.25) is 14.3 Å². The molecule has 0 aliphatic carbocycles. The van der Waals surface area contributed by atoms with Crippen LogP contribution in [0.3, 0.4) is 0 Å². The van der Waals surface area contributed by atoms with Gasteiger partial charge in [-0.1, -0.05) is 12.1 Å². The van der Waals surface area contributed by atoms with Crippen LogP contribution in [0.4, 0.5) is 11.4 Å². The van der Waals surface area contributed by atoms with E-state index in [1.54, 1.807) is 35.1 Å². The molecule has 0 atom stereocenters. The van der Waals surface area contributed by atoms with Gasteiger partial charge in [0.05, 0.1) is 34.1 Å². The molecule has 0 unspecified atom stereocenters. The number of anilines is 2. The van der Waals surface area contributed by atoms with Gasteiger partial charge in [-0.15, -0.1) is 0 Å². The molecule has 5 N–H and O–H groups in total. The molecule has 3 aromatic heterocycles. The monoisotopic (exact) mass is 449 g/mol. The molecule has 0 spiro atoms.